The number of hydrogen-bond acceptors (Lipinski definition) is 4. The molecule has 2 N–H and O–H groups in total. The SMILES string of the molecule is O=C(CN1CCOc2ccccc2C1)Nc1ccccc1C(=O)NCc1ccccc1. The number of benzene rings is 3. The Hall–Kier alpha value is -3.64. The van der Waals surface area contributed by atoms with Crippen LogP contribution in [0.4, 0.5) is 5.69 Å². The largest absolute Gasteiger partial charge is 0.492 e. The number of carbonyl (C=O) groups is 2. The summed E-state index contributed by atoms with van der Waals surface area (Å²) in [5.74, 6) is 0.477. The van der Waals surface area contributed by atoms with Crippen molar-refractivity contribution in [1.29, 1.82) is 0 Å². The molecule has 1 aliphatic heterocycles. The maximum absolute atomic E-state index is 12.7. The van der Waals surface area contributed by atoms with E-state index in [4.69, 9.17) is 4.74 Å². The maximum atomic E-state index is 12.7. The molecular weight excluding hydrogens is 390 g/mol. The fraction of sp³-hybridized carbons (Fsp3) is 0.200. The molecule has 0 saturated carbocycles. The Kier molecular flexibility index (Phi) is 6.59. The molecule has 31 heavy (non-hydrogen) atoms. The number of para-hydroxylation sites is 2. The first-order valence-electron chi connectivity index (χ1n) is 10.3. The molecule has 6 heteroatoms. The normalized spacial score (nSPS) is 13.4. The van der Waals surface area contributed by atoms with E-state index in [2.05, 4.69) is 10.6 Å². The first-order valence-corrected chi connectivity index (χ1v) is 10.3. The molecule has 0 radical (unpaired) electrons. The smallest absolute Gasteiger partial charge is 0.253 e. The Labute approximate surface area is 181 Å². The molecule has 0 unspecified atom stereocenters. The third-order valence-electron chi connectivity index (χ3n) is 5.14. The Morgan fingerprint density at radius 3 is 2.52 bits per heavy atom. The zero-order chi connectivity index (χ0) is 21.5. The first kappa shape index (κ1) is 20.6. The topological polar surface area (TPSA) is 70.7 Å². The van der Waals surface area contributed by atoms with E-state index in [0.29, 0.717) is 37.5 Å². The number of nitrogens with one attached hydrogen (secondary N) is 2. The molecule has 0 aliphatic carbocycles. The van der Waals surface area contributed by atoms with Gasteiger partial charge >= 0.3 is 0 Å². The minimum Gasteiger partial charge on any atom is -0.492 e. The van der Waals surface area contributed by atoms with Gasteiger partial charge in [-0.1, -0.05) is 60.7 Å². The van der Waals surface area contributed by atoms with Gasteiger partial charge in [-0.3, -0.25) is 14.5 Å². The van der Waals surface area contributed by atoms with Crippen molar-refractivity contribution < 1.29 is 14.3 Å². The molecule has 0 atom stereocenters. The summed E-state index contributed by atoms with van der Waals surface area (Å²) in [7, 11) is 0. The molecule has 4 rings (SSSR count). The quantitative estimate of drug-likeness (QED) is 0.647. The second-order valence-corrected chi connectivity index (χ2v) is 7.43. The summed E-state index contributed by atoms with van der Waals surface area (Å²) < 4.78 is 5.77. The van der Waals surface area contributed by atoms with Crippen LogP contribution in [0.3, 0.4) is 0 Å². The molecule has 158 valence electrons. The third kappa shape index (κ3) is 5.49. The Bertz CT molecular complexity index is 1050. The highest BCUT2D eigenvalue weighted by Gasteiger charge is 2.19. The molecule has 0 spiro atoms. The van der Waals surface area contributed by atoms with E-state index in [-0.39, 0.29) is 18.4 Å². The molecule has 0 fully saturated rings. The van der Waals surface area contributed by atoms with E-state index >= 15 is 0 Å². The lowest BCUT2D eigenvalue weighted by Crippen LogP contribution is -2.35. The predicted molar refractivity (Wildman–Crippen MR) is 120 cm³/mol. The van der Waals surface area contributed by atoms with Crippen LogP contribution >= 0.6 is 0 Å². The van der Waals surface area contributed by atoms with Crippen molar-refractivity contribution in [3.05, 3.63) is 95.6 Å². The van der Waals surface area contributed by atoms with E-state index in [1.807, 2.05) is 59.5 Å². The van der Waals surface area contributed by atoms with Crippen molar-refractivity contribution >= 4 is 17.5 Å². The van der Waals surface area contributed by atoms with Crippen LogP contribution in [-0.4, -0.2) is 36.4 Å². The van der Waals surface area contributed by atoms with Crippen LogP contribution in [0.15, 0.2) is 78.9 Å². The second-order valence-electron chi connectivity index (χ2n) is 7.43. The minimum atomic E-state index is -0.225. The number of nitrogens with zero attached hydrogens (tertiary/aromatic N) is 1. The van der Waals surface area contributed by atoms with Crippen molar-refractivity contribution in [3.63, 3.8) is 0 Å². The Balaban J connectivity index is 1.38. The number of anilines is 1. The van der Waals surface area contributed by atoms with Crippen molar-refractivity contribution in [2.45, 2.75) is 13.1 Å². The lowest BCUT2D eigenvalue weighted by atomic mass is 10.1. The zero-order valence-corrected chi connectivity index (χ0v) is 17.2. The van der Waals surface area contributed by atoms with E-state index < -0.39 is 0 Å². The molecule has 3 aromatic carbocycles. The van der Waals surface area contributed by atoms with Gasteiger partial charge in [0.25, 0.3) is 5.91 Å². The van der Waals surface area contributed by atoms with Crippen LogP contribution in [0.1, 0.15) is 21.5 Å². The van der Waals surface area contributed by atoms with Gasteiger partial charge in [-0.25, -0.2) is 0 Å². The van der Waals surface area contributed by atoms with Crippen molar-refractivity contribution in [2.75, 3.05) is 25.0 Å². The summed E-state index contributed by atoms with van der Waals surface area (Å²) in [6, 6.07) is 24.6. The standard InChI is InChI=1S/C25H25N3O3/c29-24(18-28-14-15-31-23-13-7-4-10-20(23)17-28)27-22-12-6-5-11-21(22)25(30)26-16-19-8-2-1-3-9-19/h1-13H,14-18H2,(H,26,30)(H,27,29). The lowest BCUT2D eigenvalue weighted by molar-refractivity contribution is -0.117. The van der Waals surface area contributed by atoms with Crippen molar-refractivity contribution in [2.24, 2.45) is 0 Å². The van der Waals surface area contributed by atoms with Gasteiger partial charge in [-0.15, -0.1) is 0 Å². The average Bonchev–Trinajstić information content (AvgIpc) is 3.00. The first-order chi connectivity index (χ1) is 15.2. The van der Waals surface area contributed by atoms with Crippen LogP contribution in [0, 0.1) is 0 Å². The molecule has 3 aromatic rings. The summed E-state index contributed by atoms with van der Waals surface area (Å²) in [5, 5.41) is 5.81. The number of rotatable bonds is 6. The van der Waals surface area contributed by atoms with Crippen LogP contribution < -0.4 is 15.4 Å². The summed E-state index contributed by atoms with van der Waals surface area (Å²) >= 11 is 0. The Morgan fingerprint density at radius 2 is 1.65 bits per heavy atom. The number of fused-ring (bicyclic) bond motifs is 1. The molecule has 6 nitrogen and oxygen atoms in total. The lowest BCUT2D eigenvalue weighted by Gasteiger charge is -2.19. The van der Waals surface area contributed by atoms with Crippen LogP contribution in [-0.2, 0) is 17.9 Å². The van der Waals surface area contributed by atoms with E-state index in [1.54, 1.807) is 24.3 Å². The summed E-state index contributed by atoms with van der Waals surface area (Å²) in [5.41, 5.74) is 3.02. The fourth-order valence-corrected chi connectivity index (χ4v) is 3.57. The van der Waals surface area contributed by atoms with Gasteiger partial charge < -0.3 is 15.4 Å². The van der Waals surface area contributed by atoms with Gasteiger partial charge in [0.15, 0.2) is 0 Å². The monoisotopic (exact) mass is 415 g/mol. The molecule has 0 aromatic heterocycles. The van der Waals surface area contributed by atoms with Gasteiger partial charge in [0.05, 0.1) is 17.8 Å². The molecule has 1 aliphatic rings. The molecule has 0 bridgehead atoms. The number of ether oxygens (including phenoxy) is 1. The predicted octanol–water partition coefficient (Wildman–Crippen LogP) is 3.45. The fourth-order valence-electron chi connectivity index (χ4n) is 3.57. The van der Waals surface area contributed by atoms with Crippen LogP contribution in [0.25, 0.3) is 0 Å². The van der Waals surface area contributed by atoms with E-state index in [0.717, 1.165) is 16.9 Å². The molecule has 1 heterocycles. The molecule has 2 amide bonds. The summed E-state index contributed by atoms with van der Waals surface area (Å²) in [4.78, 5) is 27.5. The number of amides is 2. The highest BCUT2D eigenvalue weighted by Crippen LogP contribution is 2.22. The maximum Gasteiger partial charge on any atom is 0.253 e. The summed E-state index contributed by atoms with van der Waals surface area (Å²) in [6.45, 7) is 2.47. The highest BCUT2D eigenvalue weighted by atomic mass is 16.5. The average molecular weight is 415 g/mol. The second kappa shape index (κ2) is 9.91. The van der Waals surface area contributed by atoms with Crippen LogP contribution in [0.2, 0.25) is 0 Å². The van der Waals surface area contributed by atoms with Crippen molar-refractivity contribution in [3.8, 4) is 5.75 Å². The van der Waals surface area contributed by atoms with Crippen molar-refractivity contribution in [1.82, 2.24) is 10.2 Å². The van der Waals surface area contributed by atoms with Gasteiger partial charge in [0.2, 0.25) is 5.91 Å². The third-order valence-corrected chi connectivity index (χ3v) is 5.14. The van der Waals surface area contributed by atoms with E-state index in [1.165, 1.54) is 0 Å². The Morgan fingerprint density at radius 1 is 0.903 bits per heavy atom. The summed E-state index contributed by atoms with van der Waals surface area (Å²) in [6.07, 6.45) is 0. The van der Waals surface area contributed by atoms with E-state index in [9.17, 15) is 9.59 Å². The van der Waals surface area contributed by atoms with Gasteiger partial charge in [-0.2, -0.15) is 0 Å². The molecule has 0 saturated heterocycles. The molecular formula is C25H25N3O3. The van der Waals surface area contributed by atoms with Crippen LogP contribution in [0.5, 0.6) is 5.75 Å². The van der Waals surface area contributed by atoms with Gasteiger partial charge in [0, 0.05) is 25.2 Å². The van der Waals surface area contributed by atoms with Gasteiger partial charge in [-0.05, 0) is 23.8 Å². The highest BCUT2D eigenvalue weighted by molar-refractivity contribution is 6.04. The minimum absolute atomic E-state index is 0.164. The van der Waals surface area contributed by atoms with Gasteiger partial charge in [0.1, 0.15) is 12.4 Å². The number of carbonyl (C=O) groups excluding carboxylic acids is 2. The number of hydrogen-bond donors (Lipinski definition) is 2. The zero-order valence-electron chi connectivity index (χ0n) is 17.2.